The largest absolute Gasteiger partial charge is 0.376 e. The second-order valence-corrected chi connectivity index (χ2v) is 3.90. The molecule has 0 spiro atoms. The number of nitrogens with zero attached hydrogens (tertiary/aromatic N) is 1. The van der Waals surface area contributed by atoms with Crippen LogP contribution in [0.2, 0.25) is 0 Å². The van der Waals surface area contributed by atoms with E-state index >= 15 is 0 Å². The first-order valence-corrected chi connectivity index (χ1v) is 5.66. The Hall–Kier alpha value is -0.970. The zero-order valence-corrected chi connectivity index (χ0v) is 9.56. The molecule has 0 amide bonds. The number of ether oxygens (including phenoxy) is 2. The highest BCUT2D eigenvalue weighted by Gasteiger charge is 2.24. The van der Waals surface area contributed by atoms with Crippen molar-refractivity contribution in [1.29, 1.82) is 0 Å². The van der Waals surface area contributed by atoms with E-state index in [0.717, 1.165) is 12.1 Å². The van der Waals surface area contributed by atoms with Crippen molar-refractivity contribution < 1.29 is 9.47 Å². The van der Waals surface area contributed by atoms with E-state index in [1.165, 1.54) is 0 Å². The van der Waals surface area contributed by atoms with Gasteiger partial charge in [0.25, 0.3) is 0 Å². The van der Waals surface area contributed by atoms with Crippen LogP contribution in [0.4, 0.5) is 0 Å². The van der Waals surface area contributed by atoms with Crippen LogP contribution in [0, 0.1) is 0 Å². The second-order valence-electron chi connectivity index (χ2n) is 3.90. The van der Waals surface area contributed by atoms with E-state index in [4.69, 9.17) is 9.47 Å². The minimum absolute atomic E-state index is 0.126. The number of aromatic nitrogens is 1. The summed E-state index contributed by atoms with van der Waals surface area (Å²) in [5, 5.41) is 3.28. The fraction of sp³-hybridized carbons (Fsp3) is 0.583. The highest BCUT2D eigenvalue weighted by atomic mass is 16.6. The Kier molecular flexibility index (Phi) is 4.27. The van der Waals surface area contributed by atoms with Crippen molar-refractivity contribution in [2.24, 2.45) is 0 Å². The molecule has 0 aliphatic carbocycles. The predicted molar refractivity (Wildman–Crippen MR) is 61.3 cm³/mol. The van der Waals surface area contributed by atoms with Crippen molar-refractivity contribution >= 4 is 0 Å². The quantitative estimate of drug-likeness (QED) is 0.811. The van der Waals surface area contributed by atoms with Gasteiger partial charge in [0.05, 0.1) is 25.9 Å². The molecule has 1 aromatic heterocycles. The van der Waals surface area contributed by atoms with E-state index in [-0.39, 0.29) is 12.1 Å². The van der Waals surface area contributed by atoms with E-state index in [2.05, 4.69) is 10.3 Å². The molecule has 1 aliphatic heterocycles. The molecule has 1 saturated heterocycles. The maximum Gasteiger partial charge on any atom is 0.0965 e. The molecule has 16 heavy (non-hydrogen) atoms. The van der Waals surface area contributed by atoms with Crippen LogP contribution in [0.5, 0.6) is 0 Å². The minimum Gasteiger partial charge on any atom is -0.376 e. The van der Waals surface area contributed by atoms with Crippen molar-refractivity contribution in [3.63, 3.8) is 0 Å². The molecule has 0 bridgehead atoms. The first kappa shape index (κ1) is 11.5. The molecule has 2 atom stereocenters. The topological polar surface area (TPSA) is 43.4 Å². The molecule has 0 saturated carbocycles. The summed E-state index contributed by atoms with van der Waals surface area (Å²) in [5.41, 5.74) is 1.08. The first-order valence-electron chi connectivity index (χ1n) is 5.66. The van der Waals surface area contributed by atoms with Gasteiger partial charge in [-0.3, -0.25) is 4.98 Å². The second kappa shape index (κ2) is 5.94. The summed E-state index contributed by atoms with van der Waals surface area (Å²) < 4.78 is 11.1. The molecule has 2 unspecified atom stereocenters. The van der Waals surface area contributed by atoms with Gasteiger partial charge in [0.1, 0.15) is 0 Å². The molecule has 1 aliphatic rings. The lowest BCUT2D eigenvalue weighted by atomic mass is 10.1. The lowest BCUT2D eigenvalue weighted by molar-refractivity contribution is -0.100. The minimum atomic E-state index is 0.126. The lowest BCUT2D eigenvalue weighted by Gasteiger charge is -2.30. The van der Waals surface area contributed by atoms with Gasteiger partial charge in [0, 0.05) is 24.4 Å². The molecule has 4 heteroatoms. The Balaban J connectivity index is 1.94. The molecule has 2 heterocycles. The smallest absolute Gasteiger partial charge is 0.0965 e. The molecule has 2 rings (SSSR count). The normalized spacial score (nSPS) is 22.9. The first-order chi connectivity index (χ1) is 7.90. The molecule has 0 aromatic carbocycles. The third-order valence-electron chi connectivity index (χ3n) is 2.82. The van der Waals surface area contributed by atoms with Gasteiger partial charge in [0.2, 0.25) is 0 Å². The maximum absolute atomic E-state index is 5.69. The van der Waals surface area contributed by atoms with Crippen LogP contribution in [-0.4, -0.2) is 44.0 Å². The number of hydrogen-bond donors (Lipinski definition) is 1. The van der Waals surface area contributed by atoms with Gasteiger partial charge in [0.15, 0.2) is 0 Å². The number of hydrogen-bond acceptors (Lipinski definition) is 4. The molecule has 1 aromatic rings. The third-order valence-corrected chi connectivity index (χ3v) is 2.82. The fourth-order valence-electron chi connectivity index (χ4n) is 1.90. The monoisotopic (exact) mass is 222 g/mol. The van der Waals surface area contributed by atoms with Gasteiger partial charge in [-0.05, 0) is 19.2 Å². The molecular formula is C12H18N2O2. The van der Waals surface area contributed by atoms with Crippen LogP contribution < -0.4 is 5.32 Å². The third kappa shape index (κ3) is 3.01. The van der Waals surface area contributed by atoms with E-state index in [1.54, 1.807) is 0 Å². The maximum atomic E-state index is 5.69. The summed E-state index contributed by atoms with van der Waals surface area (Å²) in [6.45, 7) is 2.06. The molecule has 4 nitrogen and oxygen atoms in total. The van der Waals surface area contributed by atoms with Crippen LogP contribution in [0.3, 0.4) is 0 Å². The van der Waals surface area contributed by atoms with E-state index in [0.29, 0.717) is 19.8 Å². The van der Waals surface area contributed by atoms with Crippen molar-refractivity contribution in [3.8, 4) is 0 Å². The van der Waals surface area contributed by atoms with Gasteiger partial charge >= 0.3 is 0 Å². The summed E-state index contributed by atoms with van der Waals surface area (Å²) in [7, 11) is 1.95. The van der Waals surface area contributed by atoms with Crippen LogP contribution >= 0.6 is 0 Å². The van der Waals surface area contributed by atoms with E-state index < -0.39 is 0 Å². The number of pyridine rings is 1. The van der Waals surface area contributed by atoms with Gasteiger partial charge in [-0.15, -0.1) is 0 Å². The Morgan fingerprint density at radius 1 is 1.50 bits per heavy atom. The fourth-order valence-corrected chi connectivity index (χ4v) is 1.90. The summed E-state index contributed by atoms with van der Waals surface area (Å²) >= 11 is 0. The van der Waals surface area contributed by atoms with Crippen LogP contribution in [0.15, 0.2) is 24.4 Å². The molecular weight excluding hydrogens is 204 g/mol. The van der Waals surface area contributed by atoms with Crippen molar-refractivity contribution in [2.45, 2.75) is 18.6 Å². The SMILES string of the molecule is CNC(Cc1ccccn1)C1COCCO1. The summed E-state index contributed by atoms with van der Waals surface area (Å²) in [5.74, 6) is 0. The molecule has 88 valence electrons. The van der Waals surface area contributed by atoms with E-state index in [1.807, 2.05) is 31.4 Å². The Morgan fingerprint density at radius 2 is 2.44 bits per heavy atom. The highest BCUT2D eigenvalue weighted by molar-refractivity contribution is 5.06. The number of rotatable bonds is 4. The number of nitrogens with one attached hydrogen (secondary N) is 1. The highest BCUT2D eigenvalue weighted by Crippen LogP contribution is 2.10. The van der Waals surface area contributed by atoms with E-state index in [9.17, 15) is 0 Å². The molecule has 1 N–H and O–H groups in total. The van der Waals surface area contributed by atoms with Gasteiger partial charge in [-0.1, -0.05) is 6.07 Å². The average Bonchev–Trinajstić information content (AvgIpc) is 2.38. The van der Waals surface area contributed by atoms with Crippen LogP contribution in [0.25, 0.3) is 0 Å². The van der Waals surface area contributed by atoms with Crippen molar-refractivity contribution in [2.75, 3.05) is 26.9 Å². The number of likely N-dealkylation sites (N-methyl/N-ethyl adjacent to an activating group) is 1. The van der Waals surface area contributed by atoms with Crippen LogP contribution in [-0.2, 0) is 15.9 Å². The van der Waals surface area contributed by atoms with Crippen molar-refractivity contribution in [1.82, 2.24) is 10.3 Å². The predicted octanol–water partition coefficient (Wildman–Crippen LogP) is 0.627. The zero-order chi connectivity index (χ0) is 11.2. The zero-order valence-electron chi connectivity index (χ0n) is 9.56. The van der Waals surface area contributed by atoms with Gasteiger partial charge in [-0.25, -0.2) is 0 Å². The van der Waals surface area contributed by atoms with Crippen molar-refractivity contribution in [3.05, 3.63) is 30.1 Å². The van der Waals surface area contributed by atoms with Gasteiger partial charge < -0.3 is 14.8 Å². The summed E-state index contributed by atoms with van der Waals surface area (Å²) in [6.07, 6.45) is 2.81. The molecule has 1 fully saturated rings. The Labute approximate surface area is 96.0 Å². The van der Waals surface area contributed by atoms with Crippen LogP contribution in [0.1, 0.15) is 5.69 Å². The Bertz CT molecular complexity index is 299. The molecule has 0 radical (unpaired) electrons. The average molecular weight is 222 g/mol. The summed E-state index contributed by atoms with van der Waals surface area (Å²) in [6, 6.07) is 6.23. The Morgan fingerprint density at radius 3 is 3.06 bits per heavy atom. The standard InChI is InChI=1S/C12H18N2O2/c1-13-11(12-9-15-6-7-16-12)8-10-4-2-3-5-14-10/h2-5,11-13H,6-9H2,1H3. The summed E-state index contributed by atoms with van der Waals surface area (Å²) in [4.78, 5) is 4.32. The van der Waals surface area contributed by atoms with Gasteiger partial charge in [-0.2, -0.15) is 0 Å². The lowest BCUT2D eigenvalue weighted by Crippen LogP contribution is -2.46.